The van der Waals surface area contributed by atoms with Crippen LogP contribution in [0.25, 0.3) is 11.1 Å². The Kier molecular flexibility index (Phi) is 5.43. The van der Waals surface area contributed by atoms with E-state index in [1.807, 2.05) is 18.2 Å². The van der Waals surface area contributed by atoms with Crippen LogP contribution < -0.4 is 16.8 Å². The predicted molar refractivity (Wildman–Crippen MR) is 116 cm³/mol. The molecule has 4 rings (SSSR count). The van der Waals surface area contributed by atoms with Gasteiger partial charge in [0.1, 0.15) is 0 Å². The normalized spacial score (nSPS) is 17.9. The second kappa shape index (κ2) is 8.13. The number of benzene rings is 2. The number of nitrogens with one attached hydrogen (secondary N) is 1. The molecule has 1 aliphatic heterocycles. The molecule has 4 nitrogen and oxygen atoms in total. The van der Waals surface area contributed by atoms with Crippen LogP contribution in [0.5, 0.6) is 0 Å². The molecule has 2 heterocycles. The van der Waals surface area contributed by atoms with Crippen molar-refractivity contribution in [3.05, 3.63) is 70.4 Å². The third-order valence-corrected chi connectivity index (χ3v) is 6.06. The fourth-order valence-corrected chi connectivity index (χ4v) is 4.66. The highest BCUT2D eigenvalue weighted by molar-refractivity contribution is 7.08. The van der Waals surface area contributed by atoms with E-state index in [9.17, 15) is 0 Å². The molecular weight excluding hydrogens is 352 g/mol. The number of nitrogen functional groups attached to an aromatic ring is 2. The van der Waals surface area contributed by atoms with Gasteiger partial charge < -0.3 is 16.8 Å². The van der Waals surface area contributed by atoms with E-state index in [0.29, 0.717) is 6.04 Å². The maximum Gasteiger partial charge on any atom is 0.0395 e. The van der Waals surface area contributed by atoms with Gasteiger partial charge in [-0.05, 0) is 52.1 Å². The first-order valence-electron chi connectivity index (χ1n) is 9.40. The smallest absolute Gasteiger partial charge is 0.0395 e. The summed E-state index contributed by atoms with van der Waals surface area (Å²) in [5, 5.41) is 7.99. The monoisotopic (exact) mass is 378 g/mol. The van der Waals surface area contributed by atoms with Crippen molar-refractivity contribution in [2.24, 2.45) is 0 Å². The van der Waals surface area contributed by atoms with E-state index in [2.05, 4.69) is 51.3 Å². The zero-order valence-corrected chi connectivity index (χ0v) is 16.2. The average molecular weight is 379 g/mol. The first-order chi connectivity index (χ1) is 13.2. The maximum absolute atomic E-state index is 6.24. The topological polar surface area (TPSA) is 67.3 Å². The number of nitrogens with zero attached hydrogens (tertiary/aromatic N) is 1. The number of rotatable bonds is 5. The van der Waals surface area contributed by atoms with E-state index in [-0.39, 0.29) is 0 Å². The summed E-state index contributed by atoms with van der Waals surface area (Å²) in [6.07, 6.45) is 1.06. The minimum absolute atomic E-state index is 0.493. The molecular formula is C22H26N4S. The lowest BCUT2D eigenvalue weighted by Gasteiger charge is -2.36. The van der Waals surface area contributed by atoms with Crippen molar-refractivity contribution in [2.45, 2.75) is 19.0 Å². The average Bonchev–Trinajstić information content (AvgIpc) is 3.14. The van der Waals surface area contributed by atoms with Crippen LogP contribution in [0.1, 0.15) is 11.1 Å². The Morgan fingerprint density at radius 2 is 1.89 bits per heavy atom. The van der Waals surface area contributed by atoms with E-state index in [1.54, 1.807) is 11.3 Å². The zero-order valence-electron chi connectivity index (χ0n) is 15.4. The minimum Gasteiger partial charge on any atom is -0.399 e. The Morgan fingerprint density at radius 3 is 2.74 bits per heavy atom. The second-order valence-electron chi connectivity index (χ2n) is 7.18. The van der Waals surface area contributed by atoms with E-state index in [0.717, 1.165) is 49.5 Å². The molecule has 5 N–H and O–H groups in total. The molecule has 1 atom stereocenters. The van der Waals surface area contributed by atoms with Crippen molar-refractivity contribution in [2.75, 3.05) is 31.1 Å². The summed E-state index contributed by atoms with van der Waals surface area (Å²) in [6.45, 7) is 4.05. The lowest BCUT2D eigenvalue weighted by Crippen LogP contribution is -2.51. The Bertz CT molecular complexity index is 890. The number of thiophene rings is 1. The van der Waals surface area contributed by atoms with E-state index < -0.39 is 0 Å². The maximum atomic E-state index is 6.24. The van der Waals surface area contributed by atoms with Crippen LogP contribution in [0.4, 0.5) is 11.4 Å². The van der Waals surface area contributed by atoms with Gasteiger partial charge in [-0.25, -0.2) is 0 Å². The molecule has 5 heteroatoms. The fraction of sp³-hybridized carbons (Fsp3) is 0.273. The van der Waals surface area contributed by atoms with E-state index in [1.165, 1.54) is 16.7 Å². The van der Waals surface area contributed by atoms with Gasteiger partial charge in [-0.2, -0.15) is 11.3 Å². The third kappa shape index (κ3) is 4.16. The van der Waals surface area contributed by atoms with Gasteiger partial charge >= 0.3 is 0 Å². The molecule has 1 aromatic heterocycles. The van der Waals surface area contributed by atoms with Crippen LogP contribution in [-0.4, -0.2) is 30.6 Å². The largest absolute Gasteiger partial charge is 0.399 e. The SMILES string of the molecule is Nc1ccc(N)c(-c2cscc2CN2CCNCC2Cc2ccccc2)c1. The van der Waals surface area contributed by atoms with Crippen LogP contribution in [0.3, 0.4) is 0 Å². The summed E-state index contributed by atoms with van der Waals surface area (Å²) >= 11 is 1.73. The first kappa shape index (κ1) is 18.0. The predicted octanol–water partition coefficient (Wildman–Crippen LogP) is 3.60. The van der Waals surface area contributed by atoms with Gasteiger partial charge in [-0.15, -0.1) is 0 Å². The molecule has 3 aromatic rings. The molecule has 1 saturated heterocycles. The Hall–Kier alpha value is -2.34. The van der Waals surface area contributed by atoms with Gasteiger partial charge in [0.25, 0.3) is 0 Å². The van der Waals surface area contributed by atoms with Crippen LogP contribution >= 0.6 is 11.3 Å². The molecule has 2 aromatic carbocycles. The molecule has 27 heavy (non-hydrogen) atoms. The lowest BCUT2D eigenvalue weighted by molar-refractivity contribution is 0.152. The summed E-state index contributed by atoms with van der Waals surface area (Å²) in [5.74, 6) is 0. The molecule has 0 aliphatic carbocycles. The highest BCUT2D eigenvalue weighted by atomic mass is 32.1. The van der Waals surface area contributed by atoms with Crippen molar-refractivity contribution < 1.29 is 0 Å². The number of nitrogens with two attached hydrogens (primary N) is 2. The van der Waals surface area contributed by atoms with E-state index in [4.69, 9.17) is 11.5 Å². The van der Waals surface area contributed by atoms with Gasteiger partial charge in [0.15, 0.2) is 0 Å². The number of anilines is 2. The number of hydrogen-bond donors (Lipinski definition) is 3. The van der Waals surface area contributed by atoms with Crippen LogP contribution in [0, 0.1) is 0 Å². The van der Waals surface area contributed by atoms with Gasteiger partial charge in [0.2, 0.25) is 0 Å². The van der Waals surface area contributed by atoms with Gasteiger partial charge in [0, 0.05) is 49.2 Å². The second-order valence-corrected chi connectivity index (χ2v) is 7.92. The number of piperazine rings is 1. The van der Waals surface area contributed by atoms with Crippen molar-refractivity contribution >= 4 is 22.7 Å². The van der Waals surface area contributed by atoms with Gasteiger partial charge in [-0.1, -0.05) is 30.3 Å². The Balaban J connectivity index is 1.56. The van der Waals surface area contributed by atoms with Gasteiger partial charge in [0.05, 0.1) is 0 Å². The highest BCUT2D eigenvalue weighted by Gasteiger charge is 2.24. The molecule has 1 fully saturated rings. The van der Waals surface area contributed by atoms with Gasteiger partial charge in [-0.3, -0.25) is 4.90 Å². The van der Waals surface area contributed by atoms with Crippen LogP contribution in [-0.2, 0) is 13.0 Å². The molecule has 1 unspecified atom stereocenters. The standard InChI is InChI=1S/C22H26N4S/c23-18-6-7-22(24)20(11-18)21-15-27-14-17(21)13-26-9-8-25-12-19(26)10-16-4-2-1-3-5-16/h1-7,11,14-15,19,25H,8-10,12-13,23-24H2. The number of hydrogen-bond acceptors (Lipinski definition) is 5. The molecule has 0 radical (unpaired) electrons. The first-order valence-corrected chi connectivity index (χ1v) is 10.3. The van der Waals surface area contributed by atoms with Crippen molar-refractivity contribution in [3.8, 4) is 11.1 Å². The quantitative estimate of drug-likeness (QED) is 0.594. The molecule has 0 bridgehead atoms. The summed E-state index contributed by atoms with van der Waals surface area (Å²) in [4.78, 5) is 2.59. The third-order valence-electron chi connectivity index (χ3n) is 5.27. The molecule has 140 valence electrons. The minimum atomic E-state index is 0.493. The fourth-order valence-electron chi connectivity index (χ4n) is 3.81. The molecule has 1 aliphatic rings. The summed E-state index contributed by atoms with van der Waals surface area (Å²) < 4.78 is 0. The zero-order chi connectivity index (χ0) is 18.6. The van der Waals surface area contributed by atoms with Crippen LogP contribution in [0.2, 0.25) is 0 Å². The summed E-state index contributed by atoms with van der Waals surface area (Å²) in [7, 11) is 0. The summed E-state index contributed by atoms with van der Waals surface area (Å²) in [5.41, 5.74) is 18.7. The highest BCUT2D eigenvalue weighted by Crippen LogP contribution is 2.34. The Labute approximate surface area is 164 Å². The lowest BCUT2D eigenvalue weighted by atomic mass is 9.99. The molecule has 0 spiro atoms. The van der Waals surface area contributed by atoms with Crippen molar-refractivity contribution in [3.63, 3.8) is 0 Å². The summed E-state index contributed by atoms with van der Waals surface area (Å²) in [6, 6.07) is 17.0. The van der Waals surface area contributed by atoms with Crippen LogP contribution in [0.15, 0.2) is 59.3 Å². The van der Waals surface area contributed by atoms with Crippen molar-refractivity contribution in [1.29, 1.82) is 0 Å². The molecule has 0 saturated carbocycles. The molecule has 0 amide bonds. The van der Waals surface area contributed by atoms with Crippen molar-refractivity contribution in [1.82, 2.24) is 10.2 Å². The van der Waals surface area contributed by atoms with E-state index >= 15 is 0 Å². The Morgan fingerprint density at radius 1 is 1.04 bits per heavy atom.